The van der Waals surface area contributed by atoms with Crippen LogP contribution in [0.4, 0.5) is 0 Å². The zero-order chi connectivity index (χ0) is 24.5. The molecule has 4 unspecified atom stereocenters. The van der Waals surface area contributed by atoms with Crippen LogP contribution in [-0.4, -0.2) is 63.8 Å². The molecule has 2 heterocycles. The van der Waals surface area contributed by atoms with Crippen LogP contribution in [0, 0.1) is 0 Å². The number of aromatic nitrogens is 2. The van der Waals surface area contributed by atoms with Crippen molar-refractivity contribution in [3.63, 3.8) is 0 Å². The number of phosphoric acid groups is 3. The smallest absolute Gasteiger partial charge is 0.387 e. The van der Waals surface area contributed by atoms with Gasteiger partial charge in [-0.3, -0.25) is 18.9 Å². The van der Waals surface area contributed by atoms with E-state index in [-0.39, 0.29) is 0 Å². The molecule has 32 heavy (non-hydrogen) atoms. The van der Waals surface area contributed by atoms with Crippen LogP contribution in [0.25, 0.3) is 0 Å². The fraction of sp³-hybridized carbons (Fsp3) is 0.500. The third kappa shape index (κ3) is 7.10. The molecule has 7 N–H and O–H groups in total. The highest BCUT2D eigenvalue weighted by molar-refractivity contribution is 7.66. The number of H-pyrrole nitrogens is 1. The van der Waals surface area contributed by atoms with Crippen molar-refractivity contribution >= 4 is 23.5 Å². The lowest BCUT2D eigenvalue weighted by atomic mass is 10.1. The lowest BCUT2D eigenvalue weighted by Crippen LogP contribution is -2.39. The molecule has 0 saturated carbocycles. The van der Waals surface area contributed by atoms with Crippen molar-refractivity contribution in [2.45, 2.75) is 37.6 Å². The number of nitrogens with zero attached hydrogens (tertiary/aromatic N) is 1. The van der Waals surface area contributed by atoms with Crippen molar-refractivity contribution in [1.29, 1.82) is 0 Å². The summed E-state index contributed by atoms with van der Waals surface area (Å²) in [6.45, 7) is 1.40. The van der Waals surface area contributed by atoms with Crippen molar-refractivity contribution in [1.82, 2.24) is 9.55 Å². The average molecular weight is 524 g/mol. The summed E-state index contributed by atoms with van der Waals surface area (Å²) in [4.78, 5) is 61.1. The third-order valence-corrected chi connectivity index (χ3v) is 7.61. The second-order valence-corrected chi connectivity index (χ2v) is 10.5. The Bertz CT molecular complexity index is 1110. The highest BCUT2D eigenvalue weighted by Gasteiger charge is 2.50. The maximum Gasteiger partial charge on any atom is 0.490 e. The summed E-state index contributed by atoms with van der Waals surface area (Å²) in [7, 11) is -17.0. The Morgan fingerprint density at radius 1 is 1.09 bits per heavy atom. The molecule has 1 aliphatic rings. The lowest BCUT2D eigenvalue weighted by molar-refractivity contribution is -0.0710. The van der Waals surface area contributed by atoms with Crippen molar-refractivity contribution in [2.24, 2.45) is 0 Å². The van der Waals surface area contributed by atoms with Gasteiger partial charge in [-0.1, -0.05) is 12.2 Å². The molecule has 1 fully saturated rings. The Hall–Kier alpha value is -1.29. The zero-order valence-electron chi connectivity index (χ0n) is 15.8. The van der Waals surface area contributed by atoms with Crippen molar-refractivity contribution in [3.05, 3.63) is 45.3 Å². The molecule has 20 heteroatoms. The highest BCUT2D eigenvalue weighted by Crippen LogP contribution is 2.66. The van der Waals surface area contributed by atoms with E-state index in [4.69, 9.17) is 14.5 Å². The van der Waals surface area contributed by atoms with Crippen LogP contribution in [0.2, 0.25) is 0 Å². The van der Waals surface area contributed by atoms with E-state index in [2.05, 4.69) is 13.1 Å². The van der Waals surface area contributed by atoms with Gasteiger partial charge in [-0.25, -0.2) is 18.5 Å². The van der Waals surface area contributed by atoms with Crippen LogP contribution in [-0.2, 0) is 31.6 Å². The summed E-state index contributed by atoms with van der Waals surface area (Å²) in [5.74, 6) is 0. The van der Waals surface area contributed by atoms with Gasteiger partial charge >= 0.3 is 29.2 Å². The number of allylic oxidation sites excluding steroid dienone is 1. The van der Waals surface area contributed by atoms with Gasteiger partial charge in [0.05, 0.1) is 0 Å². The fourth-order valence-corrected chi connectivity index (χ4v) is 5.82. The maximum atomic E-state index is 12.1. The third-order valence-electron chi connectivity index (χ3n) is 3.78. The monoisotopic (exact) mass is 524 g/mol. The van der Waals surface area contributed by atoms with Crippen LogP contribution in [0.15, 0.2) is 34.0 Å². The number of aliphatic hydroxyl groups is 2. The van der Waals surface area contributed by atoms with Crippen molar-refractivity contribution in [2.75, 3.05) is 0 Å². The predicted octanol–water partition coefficient (Wildman–Crippen LogP) is -1.56. The summed E-state index contributed by atoms with van der Waals surface area (Å²) in [5.41, 5.74) is -1.76. The van der Waals surface area contributed by atoms with E-state index < -0.39 is 65.4 Å². The van der Waals surface area contributed by atoms with E-state index in [0.29, 0.717) is 4.57 Å². The first-order valence-corrected chi connectivity index (χ1v) is 12.9. The molecule has 0 spiro atoms. The van der Waals surface area contributed by atoms with Crippen LogP contribution in [0.3, 0.4) is 0 Å². The Balaban J connectivity index is 2.27. The van der Waals surface area contributed by atoms with E-state index in [0.717, 1.165) is 18.3 Å². The van der Waals surface area contributed by atoms with Crippen molar-refractivity contribution < 1.29 is 61.4 Å². The largest absolute Gasteiger partial charge is 0.490 e. The Morgan fingerprint density at radius 2 is 1.72 bits per heavy atom. The lowest BCUT2D eigenvalue weighted by Gasteiger charge is -2.25. The van der Waals surface area contributed by atoms with Gasteiger partial charge in [0.1, 0.15) is 24.4 Å². The highest BCUT2D eigenvalue weighted by atomic mass is 31.3. The summed E-state index contributed by atoms with van der Waals surface area (Å²) in [6, 6.07) is 0.923. The van der Waals surface area contributed by atoms with Gasteiger partial charge in [0.2, 0.25) is 0 Å². The minimum Gasteiger partial charge on any atom is -0.387 e. The van der Waals surface area contributed by atoms with Gasteiger partial charge in [0, 0.05) is 12.3 Å². The topological polar surface area (TPSA) is 264 Å². The molecule has 1 aromatic rings. The van der Waals surface area contributed by atoms with E-state index in [1.165, 1.54) is 13.0 Å². The summed E-state index contributed by atoms with van der Waals surface area (Å²) < 4.78 is 52.2. The minimum atomic E-state index is -5.80. The average Bonchev–Trinajstić information content (AvgIpc) is 2.86. The van der Waals surface area contributed by atoms with Gasteiger partial charge in [0.15, 0.2) is 6.23 Å². The first kappa shape index (κ1) is 27.0. The number of ether oxygens (including phenoxy) is 1. The van der Waals surface area contributed by atoms with Gasteiger partial charge in [-0.2, -0.15) is 8.62 Å². The van der Waals surface area contributed by atoms with Gasteiger partial charge in [-0.05, 0) is 6.92 Å². The van der Waals surface area contributed by atoms with Crippen molar-refractivity contribution in [3.8, 4) is 0 Å². The zero-order valence-corrected chi connectivity index (χ0v) is 18.5. The van der Waals surface area contributed by atoms with Gasteiger partial charge < -0.3 is 34.5 Å². The van der Waals surface area contributed by atoms with Gasteiger partial charge in [0.25, 0.3) is 5.56 Å². The first-order chi connectivity index (χ1) is 14.6. The molecule has 182 valence electrons. The number of hydrogen-bond donors (Lipinski definition) is 7. The van der Waals surface area contributed by atoms with Crippen LogP contribution >= 0.6 is 23.5 Å². The molecule has 17 nitrogen and oxygen atoms in total. The molecular formula is C12H19N2O15P3. The van der Waals surface area contributed by atoms with Crippen LogP contribution < -0.4 is 11.2 Å². The minimum absolute atomic E-state index is 0.715. The molecule has 1 aromatic heterocycles. The van der Waals surface area contributed by atoms with E-state index in [1.807, 2.05) is 4.98 Å². The fourth-order valence-electron chi connectivity index (χ4n) is 2.66. The molecule has 1 saturated heterocycles. The van der Waals surface area contributed by atoms with Crippen LogP contribution in [0.5, 0.6) is 0 Å². The molecule has 0 aromatic carbocycles. The Morgan fingerprint density at radius 3 is 2.25 bits per heavy atom. The molecule has 0 radical (unpaired) electrons. The molecule has 0 bridgehead atoms. The van der Waals surface area contributed by atoms with Crippen LogP contribution in [0.1, 0.15) is 13.2 Å². The number of rotatable bonds is 9. The normalized spacial score (nSPS) is 29.0. The molecule has 1 aliphatic heterocycles. The maximum absolute atomic E-state index is 12.1. The quantitative estimate of drug-likeness (QED) is 0.142. The van der Waals surface area contributed by atoms with Gasteiger partial charge in [-0.15, -0.1) is 0 Å². The molecular weight excluding hydrogens is 505 g/mol. The predicted molar refractivity (Wildman–Crippen MR) is 101 cm³/mol. The Kier molecular flexibility index (Phi) is 8.35. The van der Waals surface area contributed by atoms with E-state index in [9.17, 15) is 43.3 Å². The first-order valence-electron chi connectivity index (χ1n) is 8.33. The Labute approximate surface area is 177 Å². The number of hydrogen-bond acceptors (Lipinski definition) is 11. The number of aromatic amines is 1. The summed E-state index contributed by atoms with van der Waals surface area (Å²) >= 11 is 0. The standard InChI is InChI=1S/C12H19N2O15P3/c1-2-3-6(27-31(22,23)29-32(24,25)28-30(19,20)21)10-8(16)9(17)11(26-10)14-5-4-7(15)13-12(14)18/h2-6,8-11,16-17H,1H3,(H,22,23)(H,24,25)(H,13,15,18)(H2,19,20,21)/b3-2+/t6?,8-,9-,10+,11?/m0/s1. The molecule has 0 amide bonds. The van der Waals surface area contributed by atoms with E-state index in [1.54, 1.807) is 0 Å². The number of aliphatic hydroxyl groups excluding tert-OH is 2. The number of phosphoric ester groups is 1. The summed E-state index contributed by atoms with van der Waals surface area (Å²) in [6.07, 6.45) is -5.48. The number of nitrogens with one attached hydrogen (secondary N) is 1. The molecule has 2 rings (SSSR count). The molecule has 7 atom stereocenters. The second-order valence-electron chi connectivity index (χ2n) is 6.18. The SMILES string of the molecule is C/C=C/C(OP(=O)(O)OP(=O)(O)OP(=O)(O)O)[C@H]1OC(n2ccc(=O)[nH]c2=O)[C@@H](O)[C@@H]1O. The summed E-state index contributed by atoms with van der Waals surface area (Å²) in [5, 5.41) is 20.5. The van der Waals surface area contributed by atoms with E-state index >= 15 is 0 Å². The second kappa shape index (κ2) is 9.91. The molecule has 0 aliphatic carbocycles.